The van der Waals surface area contributed by atoms with E-state index in [-0.39, 0.29) is 6.10 Å². The van der Waals surface area contributed by atoms with E-state index < -0.39 is 0 Å². The topological polar surface area (TPSA) is 21.3 Å². The molecule has 2 rings (SSSR count). The molecule has 0 saturated carbocycles. The monoisotopic (exact) mass is 397 g/mol. The van der Waals surface area contributed by atoms with Crippen molar-refractivity contribution in [1.29, 1.82) is 0 Å². The Morgan fingerprint density at radius 3 is 2.15 bits per heavy atom. The lowest BCUT2D eigenvalue weighted by molar-refractivity contribution is 0.242. The molecule has 0 amide bonds. The fourth-order valence-electron chi connectivity index (χ4n) is 1.82. The first-order valence-corrected chi connectivity index (χ1v) is 8.08. The Kier molecular flexibility index (Phi) is 5.49. The van der Waals surface area contributed by atoms with Gasteiger partial charge in [0.2, 0.25) is 0 Å². The Hall–Kier alpha value is -1.00. The van der Waals surface area contributed by atoms with Crippen LogP contribution in [0.3, 0.4) is 0 Å². The van der Waals surface area contributed by atoms with Gasteiger partial charge in [-0.1, -0.05) is 18.2 Å². The highest BCUT2D eigenvalue weighted by molar-refractivity contribution is 9.11. The first-order chi connectivity index (χ1) is 9.56. The molecule has 0 saturated heterocycles. The zero-order valence-corrected chi connectivity index (χ0v) is 14.7. The Morgan fingerprint density at radius 2 is 1.60 bits per heavy atom. The third-order valence-corrected chi connectivity index (χ3v) is 4.05. The maximum atomic E-state index is 5.63. The minimum Gasteiger partial charge on any atom is -0.491 e. The predicted molar refractivity (Wildman–Crippen MR) is 91.4 cm³/mol. The number of halogens is 2. The molecule has 106 valence electrons. The summed E-state index contributed by atoms with van der Waals surface area (Å²) in [6.45, 7) is 4.82. The number of nitrogens with one attached hydrogen (secondary N) is 1. The summed E-state index contributed by atoms with van der Waals surface area (Å²) in [5.41, 5.74) is 2.28. The Bertz CT molecular complexity index is 547. The second-order valence-corrected chi connectivity index (χ2v) is 6.47. The van der Waals surface area contributed by atoms with Gasteiger partial charge in [0.15, 0.2) is 0 Å². The van der Waals surface area contributed by atoms with Crippen LogP contribution in [-0.2, 0) is 6.54 Å². The van der Waals surface area contributed by atoms with Crippen LogP contribution in [0.15, 0.2) is 51.4 Å². The van der Waals surface area contributed by atoms with E-state index in [1.54, 1.807) is 0 Å². The highest BCUT2D eigenvalue weighted by Gasteiger charge is 2.04. The number of benzene rings is 2. The summed E-state index contributed by atoms with van der Waals surface area (Å²) in [7, 11) is 0. The second kappa shape index (κ2) is 7.14. The number of para-hydroxylation sites is 1. The quantitative estimate of drug-likeness (QED) is 0.706. The summed E-state index contributed by atoms with van der Waals surface area (Å²) >= 11 is 7.09. The maximum Gasteiger partial charge on any atom is 0.119 e. The number of hydrogen-bond acceptors (Lipinski definition) is 2. The van der Waals surface area contributed by atoms with E-state index in [0.29, 0.717) is 0 Å². The van der Waals surface area contributed by atoms with Gasteiger partial charge in [-0.15, -0.1) is 0 Å². The molecule has 20 heavy (non-hydrogen) atoms. The number of anilines is 1. The van der Waals surface area contributed by atoms with Crippen molar-refractivity contribution in [1.82, 2.24) is 0 Å². The molecule has 0 atom stereocenters. The van der Waals surface area contributed by atoms with Crippen molar-refractivity contribution in [2.75, 3.05) is 5.32 Å². The van der Waals surface area contributed by atoms with Crippen LogP contribution in [0.5, 0.6) is 5.75 Å². The summed E-state index contributed by atoms with van der Waals surface area (Å²) in [6, 6.07) is 14.2. The van der Waals surface area contributed by atoms with Crippen molar-refractivity contribution in [2.45, 2.75) is 26.5 Å². The summed E-state index contributed by atoms with van der Waals surface area (Å²) in [4.78, 5) is 0. The lowest BCUT2D eigenvalue weighted by Gasteiger charge is -2.12. The van der Waals surface area contributed by atoms with Crippen LogP contribution in [0.25, 0.3) is 0 Å². The van der Waals surface area contributed by atoms with Crippen LogP contribution in [0.1, 0.15) is 19.4 Å². The highest BCUT2D eigenvalue weighted by atomic mass is 79.9. The number of rotatable bonds is 5. The van der Waals surface area contributed by atoms with Crippen LogP contribution in [0.2, 0.25) is 0 Å². The maximum absolute atomic E-state index is 5.63. The number of hydrogen-bond donors (Lipinski definition) is 1. The van der Waals surface area contributed by atoms with Crippen molar-refractivity contribution < 1.29 is 4.74 Å². The fourth-order valence-corrected chi connectivity index (χ4v) is 3.09. The van der Waals surface area contributed by atoms with E-state index in [2.05, 4.69) is 49.3 Å². The van der Waals surface area contributed by atoms with Gasteiger partial charge in [-0.25, -0.2) is 0 Å². The molecule has 1 N–H and O–H groups in total. The third kappa shape index (κ3) is 4.25. The Morgan fingerprint density at radius 1 is 1.00 bits per heavy atom. The molecule has 2 nitrogen and oxygen atoms in total. The molecule has 0 spiro atoms. The van der Waals surface area contributed by atoms with Gasteiger partial charge in [0.05, 0.1) is 11.8 Å². The van der Waals surface area contributed by atoms with Gasteiger partial charge in [-0.3, -0.25) is 0 Å². The molecule has 0 aromatic heterocycles. The van der Waals surface area contributed by atoms with Crippen molar-refractivity contribution in [3.05, 3.63) is 57.0 Å². The van der Waals surface area contributed by atoms with Crippen molar-refractivity contribution in [3.8, 4) is 5.75 Å². The van der Waals surface area contributed by atoms with E-state index in [1.165, 1.54) is 5.56 Å². The lowest BCUT2D eigenvalue weighted by Crippen LogP contribution is -2.05. The normalized spacial score (nSPS) is 10.7. The van der Waals surface area contributed by atoms with Crippen molar-refractivity contribution in [2.24, 2.45) is 0 Å². The molecule has 0 bridgehead atoms. The molecule has 0 aliphatic carbocycles. The van der Waals surface area contributed by atoms with E-state index in [1.807, 2.05) is 44.2 Å². The van der Waals surface area contributed by atoms with Crippen molar-refractivity contribution in [3.63, 3.8) is 0 Å². The van der Waals surface area contributed by atoms with Gasteiger partial charge in [0.25, 0.3) is 0 Å². The van der Waals surface area contributed by atoms with E-state index in [4.69, 9.17) is 4.74 Å². The van der Waals surface area contributed by atoms with E-state index in [9.17, 15) is 0 Å². The Balaban J connectivity index is 2.00. The van der Waals surface area contributed by atoms with Gasteiger partial charge in [0, 0.05) is 15.5 Å². The summed E-state index contributed by atoms with van der Waals surface area (Å²) in [5.74, 6) is 0.908. The fraction of sp³-hybridized carbons (Fsp3) is 0.250. The van der Waals surface area contributed by atoms with Crippen molar-refractivity contribution >= 4 is 37.5 Å². The zero-order valence-electron chi connectivity index (χ0n) is 11.5. The van der Waals surface area contributed by atoms with Gasteiger partial charge in [-0.2, -0.15) is 0 Å². The van der Waals surface area contributed by atoms with E-state index in [0.717, 1.165) is 26.9 Å². The molecule has 0 aliphatic heterocycles. The second-order valence-electron chi connectivity index (χ2n) is 4.76. The molecule has 0 heterocycles. The molecular weight excluding hydrogens is 382 g/mol. The first kappa shape index (κ1) is 15.4. The van der Waals surface area contributed by atoms with Crippen LogP contribution >= 0.6 is 31.9 Å². The smallest absolute Gasteiger partial charge is 0.119 e. The summed E-state index contributed by atoms with van der Waals surface area (Å²) in [6.07, 6.45) is 0.204. The van der Waals surface area contributed by atoms with Gasteiger partial charge >= 0.3 is 0 Å². The molecular formula is C16H17Br2NO. The van der Waals surface area contributed by atoms with Crippen LogP contribution in [-0.4, -0.2) is 6.10 Å². The summed E-state index contributed by atoms with van der Waals surface area (Å²) in [5, 5.41) is 3.42. The van der Waals surface area contributed by atoms with Gasteiger partial charge in [-0.05, 0) is 75.5 Å². The molecule has 0 aliphatic rings. The molecule has 4 heteroatoms. The molecule has 0 unspecified atom stereocenters. The largest absolute Gasteiger partial charge is 0.491 e. The standard InChI is InChI=1S/C16H17Br2NO/c1-11(2)20-13-8-6-12(7-9-13)10-19-16-14(17)4-3-5-15(16)18/h3-9,11,19H,10H2,1-2H3. The van der Waals surface area contributed by atoms with Crippen LogP contribution < -0.4 is 10.1 Å². The minimum atomic E-state index is 0.204. The molecule has 0 radical (unpaired) electrons. The highest BCUT2D eigenvalue weighted by Crippen LogP contribution is 2.30. The van der Waals surface area contributed by atoms with Crippen LogP contribution in [0.4, 0.5) is 5.69 Å². The third-order valence-electron chi connectivity index (χ3n) is 2.73. The lowest BCUT2D eigenvalue weighted by atomic mass is 10.2. The minimum absolute atomic E-state index is 0.204. The summed E-state index contributed by atoms with van der Waals surface area (Å²) < 4.78 is 7.73. The Labute approximate surface area is 136 Å². The molecule has 2 aromatic rings. The van der Waals surface area contributed by atoms with Crippen LogP contribution in [0, 0.1) is 0 Å². The molecule has 0 fully saturated rings. The SMILES string of the molecule is CC(C)Oc1ccc(CNc2c(Br)cccc2Br)cc1. The first-order valence-electron chi connectivity index (χ1n) is 6.49. The molecule has 2 aromatic carbocycles. The van der Waals surface area contributed by atoms with Gasteiger partial charge < -0.3 is 10.1 Å². The average Bonchev–Trinajstić information content (AvgIpc) is 2.39. The average molecular weight is 399 g/mol. The van der Waals surface area contributed by atoms with E-state index >= 15 is 0 Å². The predicted octanol–water partition coefficient (Wildman–Crippen LogP) is 5.61. The zero-order chi connectivity index (χ0) is 14.5. The number of ether oxygens (including phenoxy) is 1. The van der Waals surface area contributed by atoms with Gasteiger partial charge in [0.1, 0.15) is 5.75 Å².